The van der Waals surface area contributed by atoms with E-state index >= 15 is 0 Å². The number of nitrogens with zero attached hydrogens (tertiary/aromatic N) is 2. The molecule has 1 aliphatic heterocycles. The Morgan fingerprint density at radius 2 is 2.16 bits per heavy atom. The Labute approximate surface area is 115 Å². The highest BCUT2D eigenvalue weighted by Gasteiger charge is 2.21. The zero-order chi connectivity index (χ0) is 13.5. The quantitative estimate of drug-likeness (QED) is 0.882. The molecule has 0 aromatic heterocycles. The van der Waals surface area contributed by atoms with Crippen molar-refractivity contribution in [2.45, 2.75) is 44.7 Å². The Kier molecular flexibility index (Phi) is 5.38. The predicted molar refractivity (Wildman–Crippen MR) is 75.5 cm³/mol. The third kappa shape index (κ3) is 4.05. The summed E-state index contributed by atoms with van der Waals surface area (Å²) in [5, 5.41) is 17.9. The molecular formula is C16H22N2O. The van der Waals surface area contributed by atoms with Crippen molar-refractivity contribution in [3.05, 3.63) is 35.4 Å². The summed E-state index contributed by atoms with van der Waals surface area (Å²) in [5.41, 5.74) is 2.37. The van der Waals surface area contributed by atoms with Gasteiger partial charge in [-0.15, -0.1) is 0 Å². The summed E-state index contributed by atoms with van der Waals surface area (Å²) >= 11 is 0. The van der Waals surface area contributed by atoms with Gasteiger partial charge in [0.25, 0.3) is 0 Å². The lowest BCUT2D eigenvalue weighted by Crippen LogP contribution is -2.39. The van der Waals surface area contributed by atoms with Gasteiger partial charge in [-0.2, -0.15) is 5.26 Å². The van der Waals surface area contributed by atoms with Crippen LogP contribution in [0.1, 0.15) is 36.8 Å². The second-order valence-corrected chi connectivity index (χ2v) is 5.29. The van der Waals surface area contributed by atoms with E-state index in [2.05, 4.69) is 23.1 Å². The number of piperidine rings is 1. The summed E-state index contributed by atoms with van der Waals surface area (Å²) in [4.78, 5) is 2.48. The van der Waals surface area contributed by atoms with Crippen LogP contribution in [0.25, 0.3) is 0 Å². The van der Waals surface area contributed by atoms with E-state index in [4.69, 9.17) is 10.4 Å². The van der Waals surface area contributed by atoms with Gasteiger partial charge in [-0.05, 0) is 36.9 Å². The summed E-state index contributed by atoms with van der Waals surface area (Å²) in [6, 6.07) is 11.0. The molecule has 1 N–H and O–H groups in total. The van der Waals surface area contributed by atoms with Crippen molar-refractivity contribution in [3.63, 3.8) is 0 Å². The standard InChI is InChI=1S/C16H22N2O/c17-9-7-14-4-3-5-15(12-14)13-18-10-2-1-6-16(18)8-11-19/h3-5,12,16,19H,1-2,6-8,10-11,13H2. The van der Waals surface area contributed by atoms with E-state index < -0.39 is 0 Å². The fourth-order valence-electron chi connectivity index (χ4n) is 2.91. The Balaban J connectivity index is 2.02. The molecule has 2 rings (SSSR count). The molecule has 3 heteroatoms. The van der Waals surface area contributed by atoms with Gasteiger partial charge in [-0.1, -0.05) is 30.7 Å². The first-order valence-electron chi connectivity index (χ1n) is 7.13. The second kappa shape index (κ2) is 7.28. The normalized spacial score (nSPS) is 20.1. The van der Waals surface area contributed by atoms with Crippen LogP contribution < -0.4 is 0 Å². The number of nitriles is 1. The van der Waals surface area contributed by atoms with E-state index in [1.807, 2.05) is 12.1 Å². The molecule has 1 unspecified atom stereocenters. The van der Waals surface area contributed by atoms with Crippen molar-refractivity contribution in [2.75, 3.05) is 13.2 Å². The molecule has 1 saturated heterocycles. The van der Waals surface area contributed by atoms with E-state index in [9.17, 15) is 0 Å². The highest BCUT2D eigenvalue weighted by atomic mass is 16.3. The van der Waals surface area contributed by atoms with Crippen LogP contribution in [0.4, 0.5) is 0 Å². The van der Waals surface area contributed by atoms with Gasteiger partial charge in [-0.3, -0.25) is 4.90 Å². The number of hydrogen-bond acceptors (Lipinski definition) is 3. The topological polar surface area (TPSA) is 47.3 Å². The minimum Gasteiger partial charge on any atom is -0.396 e. The minimum atomic E-state index is 0.273. The van der Waals surface area contributed by atoms with Crippen LogP contribution in [0, 0.1) is 11.3 Å². The molecule has 1 fully saturated rings. The van der Waals surface area contributed by atoms with Crippen molar-refractivity contribution < 1.29 is 5.11 Å². The second-order valence-electron chi connectivity index (χ2n) is 5.29. The van der Waals surface area contributed by atoms with E-state index in [0.717, 1.165) is 25.1 Å². The number of benzene rings is 1. The first kappa shape index (κ1) is 14.0. The number of likely N-dealkylation sites (tertiary alicyclic amines) is 1. The average Bonchev–Trinajstić information content (AvgIpc) is 2.42. The van der Waals surface area contributed by atoms with Crippen molar-refractivity contribution in [1.29, 1.82) is 5.26 Å². The minimum absolute atomic E-state index is 0.273. The van der Waals surface area contributed by atoms with Crippen LogP contribution in [-0.4, -0.2) is 29.2 Å². The smallest absolute Gasteiger partial charge is 0.0669 e. The Morgan fingerprint density at radius 1 is 1.32 bits per heavy atom. The van der Waals surface area contributed by atoms with Crippen LogP contribution in [0.3, 0.4) is 0 Å². The molecule has 1 aliphatic rings. The van der Waals surface area contributed by atoms with Crippen LogP contribution in [0.2, 0.25) is 0 Å². The Hall–Kier alpha value is -1.37. The highest BCUT2D eigenvalue weighted by molar-refractivity contribution is 5.25. The van der Waals surface area contributed by atoms with Crippen molar-refractivity contribution >= 4 is 0 Å². The maximum atomic E-state index is 9.15. The number of hydrogen-bond donors (Lipinski definition) is 1. The molecule has 1 aromatic rings. The Bertz CT molecular complexity index is 437. The fraction of sp³-hybridized carbons (Fsp3) is 0.562. The number of aliphatic hydroxyl groups excluding tert-OH is 1. The van der Waals surface area contributed by atoms with Crippen LogP contribution in [-0.2, 0) is 13.0 Å². The summed E-state index contributed by atoms with van der Waals surface area (Å²) in [6.07, 6.45) is 5.07. The number of aliphatic hydroxyl groups is 1. The molecule has 0 radical (unpaired) electrons. The molecule has 1 atom stereocenters. The first-order valence-corrected chi connectivity index (χ1v) is 7.13. The van der Waals surface area contributed by atoms with Gasteiger partial charge in [0, 0.05) is 19.2 Å². The first-order chi connectivity index (χ1) is 9.33. The van der Waals surface area contributed by atoms with E-state index in [-0.39, 0.29) is 6.61 Å². The van der Waals surface area contributed by atoms with Gasteiger partial charge in [-0.25, -0.2) is 0 Å². The monoisotopic (exact) mass is 258 g/mol. The zero-order valence-corrected chi connectivity index (χ0v) is 11.4. The zero-order valence-electron chi connectivity index (χ0n) is 11.4. The van der Waals surface area contributed by atoms with E-state index in [0.29, 0.717) is 12.5 Å². The largest absolute Gasteiger partial charge is 0.396 e. The lowest BCUT2D eigenvalue weighted by molar-refractivity contribution is 0.112. The summed E-state index contributed by atoms with van der Waals surface area (Å²) in [5.74, 6) is 0. The molecule has 102 valence electrons. The molecule has 19 heavy (non-hydrogen) atoms. The fourth-order valence-corrected chi connectivity index (χ4v) is 2.91. The third-order valence-electron chi connectivity index (χ3n) is 3.87. The maximum Gasteiger partial charge on any atom is 0.0669 e. The summed E-state index contributed by atoms with van der Waals surface area (Å²) in [6.45, 7) is 2.33. The van der Waals surface area contributed by atoms with Gasteiger partial charge < -0.3 is 5.11 Å². The third-order valence-corrected chi connectivity index (χ3v) is 3.87. The average molecular weight is 258 g/mol. The van der Waals surface area contributed by atoms with Gasteiger partial charge in [0.2, 0.25) is 0 Å². The molecule has 0 amide bonds. The van der Waals surface area contributed by atoms with Gasteiger partial charge in [0.05, 0.1) is 12.5 Å². The Morgan fingerprint density at radius 3 is 2.95 bits per heavy atom. The molecule has 1 aromatic carbocycles. The molecule has 0 spiro atoms. The maximum absolute atomic E-state index is 9.15. The molecule has 3 nitrogen and oxygen atoms in total. The lowest BCUT2D eigenvalue weighted by atomic mass is 9.98. The SMILES string of the molecule is N#CCc1cccc(CN2CCCCC2CCO)c1. The van der Waals surface area contributed by atoms with Gasteiger partial charge >= 0.3 is 0 Å². The summed E-state index contributed by atoms with van der Waals surface area (Å²) < 4.78 is 0. The lowest BCUT2D eigenvalue weighted by Gasteiger charge is -2.35. The molecule has 0 bridgehead atoms. The van der Waals surface area contributed by atoms with Crippen LogP contribution in [0.5, 0.6) is 0 Å². The van der Waals surface area contributed by atoms with Crippen molar-refractivity contribution in [1.82, 2.24) is 4.90 Å². The number of rotatable bonds is 5. The molecule has 0 aliphatic carbocycles. The van der Waals surface area contributed by atoms with Gasteiger partial charge in [0.15, 0.2) is 0 Å². The van der Waals surface area contributed by atoms with Crippen molar-refractivity contribution in [2.24, 2.45) is 0 Å². The van der Waals surface area contributed by atoms with Crippen LogP contribution >= 0.6 is 0 Å². The molecule has 0 saturated carbocycles. The molecule has 1 heterocycles. The van der Waals surface area contributed by atoms with Crippen molar-refractivity contribution in [3.8, 4) is 6.07 Å². The van der Waals surface area contributed by atoms with E-state index in [1.165, 1.54) is 24.8 Å². The summed E-state index contributed by atoms with van der Waals surface area (Å²) in [7, 11) is 0. The predicted octanol–water partition coefficient (Wildman–Crippen LogP) is 2.49. The van der Waals surface area contributed by atoms with Gasteiger partial charge in [0.1, 0.15) is 0 Å². The van der Waals surface area contributed by atoms with Crippen LogP contribution in [0.15, 0.2) is 24.3 Å². The highest BCUT2D eigenvalue weighted by Crippen LogP contribution is 2.22. The molecular weight excluding hydrogens is 236 g/mol. The van der Waals surface area contributed by atoms with E-state index in [1.54, 1.807) is 0 Å².